The van der Waals surface area contributed by atoms with Crippen LogP contribution in [0.25, 0.3) is 0 Å². The third-order valence-electron chi connectivity index (χ3n) is 2.96. The van der Waals surface area contributed by atoms with E-state index in [0.29, 0.717) is 5.82 Å². The Bertz CT molecular complexity index is 460. The van der Waals surface area contributed by atoms with Crippen LogP contribution in [0.15, 0.2) is 23.4 Å². The van der Waals surface area contributed by atoms with Crippen molar-refractivity contribution in [3.63, 3.8) is 0 Å². The standard InChI is InChI=1S/C11H17N5O/c1-11(2,12-3)9-6-13-7-16(9)5-4-10-14-8-17-15-10/h6-8,12H,4-5H2,1-3H3. The summed E-state index contributed by atoms with van der Waals surface area (Å²) in [4.78, 5) is 8.20. The van der Waals surface area contributed by atoms with E-state index >= 15 is 0 Å². The molecule has 0 amide bonds. The van der Waals surface area contributed by atoms with Gasteiger partial charge in [-0.05, 0) is 20.9 Å². The Labute approximate surface area is 100 Å². The maximum atomic E-state index is 4.70. The van der Waals surface area contributed by atoms with E-state index in [-0.39, 0.29) is 5.54 Å². The molecule has 92 valence electrons. The van der Waals surface area contributed by atoms with Gasteiger partial charge in [-0.3, -0.25) is 0 Å². The van der Waals surface area contributed by atoms with Crippen LogP contribution >= 0.6 is 0 Å². The zero-order chi connectivity index (χ0) is 12.3. The van der Waals surface area contributed by atoms with Crippen molar-refractivity contribution in [3.8, 4) is 0 Å². The Morgan fingerprint density at radius 3 is 2.94 bits per heavy atom. The van der Waals surface area contributed by atoms with Crippen molar-refractivity contribution < 1.29 is 4.52 Å². The molecular formula is C11H17N5O. The highest BCUT2D eigenvalue weighted by Gasteiger charge is 2.21. The normalized spacial score (nSPS) is 11.9. The number of hydrogen-bond acceptors (Lipinski definition) is 5. The Balaban J connectivity index is 2.09. The molecule has 2 heterocycles. The summed E-state index contributed by atoms with van der Waals surface area (Å²) in [7, 11) is 1.94. The molecule has 0 bridgehead atoms. The molecular weight excluding hydrogens is 218 g/mol. The topological polar surface area (TPSA) is 68.8 Å². The van der Waals surface area contributed by atoms with Crippen LogP contribution in [0.4, 0.5) is 0 Å². The second kappa shape index (κ2) is 4.67. The van der Waals surface area contributed by atoms with Crippen LogP contribution < -0.4 is 5.32 Å². The number of nitrogens with zero attached hydrogens (tertiary/aromatic N) is 4. The molecule has 2 aromatic rings. The van der Waals surface area contributed by atoms with Crippen LogP contribution in [0.2, 0.25) is 0 Å². The summed E-state index contributed by atoms with van der Waals surface area (Å²) in [6, 6.07) is 0. The summed E-state index contributed by atoms with van der Waals surface area (Å²) in [5, 5.41) is 7.06. The van der Waals surface area contributed by atoms with Crippen molar-refractivity contribution in [2.45, 2.75) is 32.4 Å². The fourth-order valence-corrected chi connectivity index (χ4v) is 1.67. The predicted molar refractivity (Wildman–Crippen MR) is 62.3 cm³/mol. The van der Waals surface area contributed by atoms with Gasteiger partial charge >= 0.3 is 0 Å². The van der Waals surface area contributed by atoms with Gasteiger partial charge in [-0.25, -0.2) is 4.98 Å². The molecule has 0 fully saturated rings. The molecule has 0 aliphatic rings. The lowest BCUT2D eigenvalue weighted by molar-refractivity contribution is 0.398. The van der Waals surface area contributed by atoms with Gasteiger partial charge in [0.25, 0.3) is 0 Å². The largest absolute Gasteiger partial charge is 0.343 e. The number of aromatic nitrogens is 4. The van der Waals surface area contributed by atoms with E-state index in [0.717, 1.165) is 18.7 Å². The SMILES string of the molecule is CNC(C)(C)c1cncn1CCc1ncon1. The molecule has 0 aliphatic carbocycles. The van der Waals surface area contributed by atoms with Crippen molar-refractivity contribution in [2.24, 2.45) is 0 Å². The average Bonchev–Trinajstić information content (AvgIpc) is 2.97. The fraction of sp³-hybridized carbons (Fsp3) is 0.545. The molecule has 0 aliphatic heterocycles. The van der Waals surface area contributed by atoms with Gasteiger partial charge in [0.15, 0.2) is 5.82 Å². The maximum absolute atomic E-state index is 4.70. The molecule has 6 nitrogen and oxygen atoms in total. The maximum Gasteiger partial charge on any atom is 0.213 e. The molecule has 17 heavy (non-hydrogen) atoms. The lowest BCUT2D eigenvalue weighted by Gasteiger charge is -2.25. The second-order valence-electron chi connectivity index (χ2n) is 4.44. The van der Waals surface area contributed by atoms with E-state index in [1.165, 1.54) is 6.39 Å². The smallest absolute Gasteiger partial charge is 0.213 e. The molecule has 0 unspecified atom stereocenters. The van der Waals surface area contributed by atoms with E-state index in [4.69, 9.17) is 4.52 Å². The van der Waals surface area contributed by atoms with Crippen LogP contribution in [0.5, 0.6) is 0 Å². The van der Waals surface area contributed by atoms with Crippen molar-refractivity contribution in [3.05, 3.63) is 30.4 Å². The molecule has 0 saturated carbocycles. The van der Waals surface area contributed by atoms with E-state index in [9.17, 15) is 0 Å². The third-order valence-corrected chi connectivity index (χ3v) is 2.96. The van der Waals surface area contributed by atoms with Crippen molar-refractivity contribution >= 4 is 0 Å². The van der Waals surface area contributed by atoms with Gasteiger partial charge in [0.2, 0.25) is 6.39 Å². The lowest BCUT2D eigenvalue weighted by Crippen LogP contribution is -2.35. The molecule has 6 heteroatoms. The summed E-state index contributed by atoms with van der Waals surface area (Å²) in [6.45, 7) is 5.03. The zero-order valence-electron chi connectivity index (χ0n) is 10.3. The van der Waals surface area contributed by atoms with Gasteiger partial charge in [-0.1, -0.05) is 5.16 Å². The molecule has 2 aromatic heterocycles. The third kappa shape index (κ3) is 2.52. The van der Waals surface area contributed by atoms with E-state index in [1.54, 1.807) is 0 Å². The number of hydrogen-bond donors (Lipinski definition) is 1. The number of imidazole rings is 1. The van der Waals surface area contributed by atoms with Crippen molar-refractivity contribution in [1.29, 1.82) is 0 Å². The monoisotopic (exact) mass is 235 g/mol. The van der Waals surface area contributed by atoms with Gasteiger partial charge in [0.05, 0.1) is 17.6 Å². The first-order valence-electron chi connectivity index (χ1n) is 5.58. The van der Waals surface area contributed by atoms with Gasteiger partial charge < -0.3 is 14.4 Å². The predicted octanol–water partition coefficient (Wildman–Crippen LogP) is 0.963. The minimum Gasteiger partial charge on any atom is -0.343 e. The molecule has 0 atom stereocenters. The molecule has 0 aromatic carbocycles. The summed E-state index contributed by atoms with van der Waals surface area (Å²) in [6.07, 6.45) is 5.79. The van der Waals surface area contributed by atoms with Crippen molar-refractivity contribution in [1.82, 2.24) is 25.0 Å². The number of rotatable bonds is 5. The van der Waals surface area contributed by atoms with E-state index in [2.05, 4.69) is 38.9 Å². The zero-order valence-corrected chi connectivity index (χ0v) is 10.3. The van der Waals surface area contributed by atoms with Crippen LogP contribution in [0, 0.1) is 0 Å². The highest BCUT2D eigenvalue weighted by atomic mass is 16.5. The van der Waals surface area contributed by atoms with Gasteiger partial charge in [0.1, 0.15) is 0 Å². The molecule has 0 saturated heterocycles. The minimum absolute atomic E-state index is 0.103. The minimum atomic E-state index is -0.103. The number of nitrogens with one attached hydrogen (secondary N) is 1. The first kappa shape index (κ1) is 11.8. The molecule has 2 rings (SSSR count). The van der Waals surface area contributed by atoms with Crippen LogP contribution in [-0.2, 0) is 18.5 Å². The molecule has 1 N–H and O–H groups in total. The second-order valence-corrected chi connectivity index (χ2v) is 4.44. The quantitative estimate of drug-likeness (QED) is 0.836. The first-order valence-corrected chi connectivity index (χ1v) is 5.58. The van der Waals surface area contributed by atoms with Crippen LogP contribution in [0.1, 0.15) is 25.4 Å². The molecule has 0 spiro atoms. The first-order chi connectivity index (χ1) is 8.13. The summed E-state index contributed by atoms with van der Waals surface area (Å²) < 4.78 is 6.81. The van der Waals surface area contributed by atoms with Crippen LogP contribution in [-0.4, -0.2) is 26.7 Å². The van der Waals surface area contributed by atoms with Crippen molar-refractivity contribution in [2.75, 3.05) is 7.05 Å². The molecule has 0 radical (unpaired) electrons. The Hall–Kier alpha value is -1.69. The van der Waals surface area contributed by atoms with Gasteiger partial charge in [0, 0.05) is 19.2 Å². The Morgan fingerprint density at radius 1 is 1.47 bits per heavy atom. The fourth-order valence-electron chi connectivity index (χ4n) is 1.67. The highest BCUT2D eigenvalue weighted by molar-refractivity contribution is 5.11. The highest BCUT2D eigenvalue weighted by Crippen LogP contribution is 2.18. The lowest BCUT2D eigenvalue weighted by atomic mass is 10.0. The van der Waals surface area contributed by atoms with Gasteiger partial charge in [-0.2, -0.15) is 4.98 Å². The van der Waals surface area contributed by atoms with E-state index < -0.39 is 0 Å². The number of aryl methyl sites for hydroxylation is 2. The Morgan fingerprint density at radius 2 is 2.29 bits per heavy atom. The van der Waals surface area contributed by atoms with Gasteiger partial charge in [-0.15, -0.1) is 0 Å². The summed E-state index contributed by atoms with van der Waals surface area (Å²) in [5.41, 5.74) is 1.04. The Kier molecular flexibility index (Phi) is 3.23. The summed E-state index contributed by atoms with van der Waals surface area (Å²) in [5.74, 6) is 0.715. The van der Waals surface area contributed by atoms with Crippen LogP contribution in [0.3, 0.4) is 0 Å². The average molecular weight is 235 g/mol. The summed E-state index contributed by atoms with van der Waals surface area (Å²) >= 11 is 0. The van der Waals surface area contributed by atoms with E-state index in [1.807, 2.05) is 19.6 Å².